The standard InChI is InChI=1S/C15H19NO6/c1-21-12(17)8-15(20,9-13(18)22-2)14(19)16-10-11-6-4-3-5-7-11/h3-7,20H,8-10H2,1-2H3,(H,16,19). The third-order valence-corrected chi connectivity index (χ3v) is 3.05. The number of rotatable bonds is 7. The van der Waals surface area contributed by atoms with Gasteiger partial charge in [0.05, 0.1) is 27.1 Å². The van der Waals surface area contributed by atoms with E-state index >= 15 is 0 Å². The summed E-state index contributed by atoms with van der Waals surface area (Å²) in [5.41, 5.74) is -1.40. The maximum Gasteiger partial charge on any atom is 0.309 e. The Morgan fingerprint density at radius 1 is 1.05 bits per heavy atom. The van der Waals surface area contributed by atoms with Gasteiger partial charge in [-0.3, -0.25) is 14.4 Å². The molecular formula is C15H19NO6. The van der Waals surface area contributed by atoms with E-state index in [1.807, 2.05) is 6.07 Å². The Labute approximate surface area is 128 Å². The van der Waals surface area contributed by atoms with Crippen molar-refractivity contribution in [3.8, 4) is 0 Å². The third-order valence-electron chi connectivity index (χ3n) is 3.05. The Morgan fingerprint density at radius 2 is 1.55 bits per heavy atom. The van der Waals surface area contributed by atoms with Crippen LogP contribution in [0.4, 0.5) is 0 Å². The average Bonchev–Trinajstić information content (AvgIpc) is 2.53. The van der Waals surface area contributed by atoms with E-state index in [2.05, 4.69) is 14.8 Å². The van der Waals surface area contributed by atoms with Crippen LogP contribution in [-0.2, 0) is 30.4 Å². The summed E-state index contributed by atoms with van der Waals surface area (Å²) in [5, 5.41) is 12.8. The molecule has 1 amide bonds. The van der Waals surface area contributed by atoms with Crippen molar-refractivity contribution in [3.63, 3.8) is 0 Å². The number of ether oxygens (including phenoxy) is 2. The summed E-state index contributed by atoms with van der Waals surface area (Å²) in [4.78, 5) is 34.9. The summed E-state index contributed by atoms with van der Waals surface area (Å²) in [7, 11) is 2.26. The number of amides is 1. The fourth-order valence-electron chi connectivity index (χ4n) is 1.79. The minimum absolute atomic E-state index is 0.157. The topological polar surface area (TPSA) is 102 Å². The van der Waals surface area contributed by atoms with Crippen molar-refractivity contribution in [1.29, 1.82) is 0 Å². The first-order chi connectivity index (χ1) is 10.4. The summed E-state index contributed by atoms with van der Waals surface area (Å²) in [6, 6.07) is 9.02. The maximum absolute atomic E-state index is 12.2. The number of hydrogen-bond donors (Lipinski definition) is 2. The van der Waals surface area contributed by atoms with Gasteiger partial charge in [-0.2, -0.15) is 0 Å². The first kappa shape index (κ1) is 17.6. The Bertz CT molecular complexity index is 510. The Kier molecular flexibility index (Phi) is 6.52. The van der Waals surface area contributed by atoms with Crippen molar-refractivity contribution in [2.45, 2.75) is 25.0 Å². The second-order valence-electron chi connectivity index (χ2n) is 4.71. The lowest BCUT2D eigenvalue weighted by Crippen LogP contribution is -2.49. The zero-order valence-electron chi connectivity index (χ0n) is 12.5. The van der Waals surface area contributed by atoms with E-state index in [0.29, 0.717) is 0 Å². The monoisotopic (exact) mass is 309 g/mol. The van der Waals surface area contributed by atoms with Crippen LogP contribution >= 0.6 is 0 Å². The van der Waals surface area contributed by atoms with Crippen LogP contribution in [0.2, 0.25) is 0 Å². The molecule has 0 fully saturated rings. The highest BCUT2D eigenvalue weighted by Gasteiger charge is 2.41. The molecule has 0 aliphatic rings. The molecule has 0 heterocycles. The second-order valence-corrected chi connectivity index (χ2v) is 4.71. The average molecular weight is 309 g/mol. The predicted molar refractivity (Wildman–Crippen MR) is 76.5 cm³/mol. The van der Waals surface area contributed by atoms with Gasteiger partial charge in [-0.05, 0) is 5.56 Å². The minimum atomic E-state index is -2.21. The number of carbonyl (C=O) groups excluding carboxylic acids is 3. The molecule has 0 spiro atoms. The molecular weight excluding hydrogens is 290 g/mol. The molecule has 22 heavy (non-hydrogen) atoms. The third kappa shape index (κ3) is 5.17. The van der Waals surface area contributed by atoms with Gasteiger partial charge in [-0.1, -0.05) is 30.3 Å². The van der Waals surface area contributed by atoms with Crippen LogP contribution in [0.5, 0.6) is 0 Å². The number of esters is 2. The molecule has 7 heteroatoms. The number of nitrogens with one attached hydrogen (secondary N) is 1. The predicted octanol–water partition coefficient (Wildman–Crippen LogP) is 0.160. The van der Waals surface area contributed by atoms with Gasteiger partial charge in [0.25, 0.3) is 5.91 Å². The lowest BCUT2D eigenvalue weighted by atomic mass is 9.94. The second kappa shape index (κ2) is 8.14. The zero-order valence-corrected chi connectivity index (χ0v) is 12.5. The summed E-state index contributed by atoms with van der Waals surface area (Å²) in [6.07, 6.45) is -1.28. The molecule has 0 saturated heterocycles. The normalized spacial score (nSPS) is 10.7. The molecule has 0 saturated carbocycles. The molecule has 120 valence electrons. The van der Waals surface area contributed by atoms with Crippen molar-refractivity contribution in [1.82, 2.24) is 5.32 Å². The molecule has 0 bridgehead atoms. The quantitative estimate of drug-likeness (QED) is 0.696. The van der Waals surface area contributed by atoms with Crippen LogP contribution < -0.4 is 5.32 Å². The fraction of sp³-hybridized carbons (Fsp3) is 0.400. The molecule has 0 radical (unpaired) electrons. The first-order valence-electron chi connectivity index (χ1n) is 6.59. The van der Waals surface area contributed by atoms with Gasteiger partial charge >= 0.3 is 11.9 Å². The van der Waals surface area contributed by atoms with Crippen LogP contribution in [0.3, 0.4) is 0 Å². The number of benzene rings is 1. The van der Waals surface area contributed by atoms with Crippen molar-refractivity contribution < 1.29 is 29.0 Å². The van der Waals surface area contributed by atoms with Crippen LogP contribution in [0.1, 0.15) is 18.4 Å². The van der Waals surface area contributed by atoms with Gasteiger partial charge in [0.2, 0.25) is 0 Å². The highest BCUT2D eigenvalue weighted by Crippen LogP contribution is 2.18. The lowest BCUT2D eigenvalue weighted by Gasteiger charge is -2.24. The zero-order chi connectivity index (χ0) is 16.6. The number of methoxy groups -OCH3 is 2. The molecule has 0 atom stereocenters. The van der Waals surface area contributed by atoms with Crippen LogP contribution in [0, 0.1) is 0 Å². The van der Waals surface area contributed by atoms with Gasteiger partial charge < -0.3 is 19.9 Å². The Hall–Kier alpha value is -2.41. The van der Waals surface area contributed by atoms with E-state index in [1.165, 1.54) is 0 Å². The van der Waals surface area contributed by atoms with Gasteiger partial charge in [-0.25, -0.2) is 0 Å². The van der Waals surface area contributed by atoms with Gasteiger partial charge in [0.15, 0.2) is 5.60 Å². The molecule has 7 nitrogen and oxygen atoms in total. The van der Waals surface area contributed by atoms with E-state index in [9.17, 15) is 19.5 Å². The molecule has 0 aromatic heterocycles. The van der Waals surface area contributed by atoms with E-state index < -0.39 is 36.3 Å². The number of hydrogen-bond acceptors (Lipinski definition) is 6. The smallest absolute Gasteiger partial charge is 0.309 e. The first-order valence-corrected chi connectivity index (χ1v) is 6.59. The lowest BCUT2D eigenvalue weighted by molar-refractivity contribution is -0.161. The minimum Gasteiger partial charge on any atom is -0.469 e. The summed E-state index contributed by atoms with van der Waals surface area (Å²) in [5.74, 6) is -2.45. The molecule has 0 aliphatic heterocycles. The number of aliphatic hydroxyl groups is 1. The maximum atomic E-state index is 12.2. The Balaban J connectivity index is 2.78. The summed E-state index contributed by atoms with van der Waals surface area (Å²) < 4.78 is 8.89. The SMILES string of the molecule is COC(=O)CC(O)(CC(=O)OC)C(=O)NCc1ccccc1. The summed E-state index contributed by atoms with van der Waals surface area (Å²) in [6.45, 7) is 0.157. The van der Waals surface area contributed by atoms with E-state index in [-0.39, 0.29) is 6.54 Å². The fourth-order valence-corrected chi connectivity index (χ4v) is 1.79. The van der Waals surface area contributed by atoms with E-state index in [4.69, 9.17) is 0 Å². The Morgan fingerprint density at radius 3 is 2.00 bits per heavy atom. The van der Waals surface area contributed by atoms with Crippen LogP contribution in [0.15, 0.2) is 30.3 Å². The molecule has 0 aliphatic carbocycles. The van der Waals surface area contributed by atoms with Gasteiger partial charge in [0, 0.05) is 6.54 Å². The van der Waals surface area contributed by atoms with E-state index in [0.717, 1.165) is 19.8 Å². The molecule has 0 unspecified atom stereocenters. The number of carbonyl (C=O) groups is 3. The van der Waals surface area contributed by atoms with Gasteiger partial charge in [-0.15, -0.1) is 0 Å². The highest BCUT2D eigenvalue weighted by atomic mass is 16.5. The molecule has 1 aromatic rings. The molecule has 1 rings (SSSR count). The van der Waals surface area contributed by atoms with Crippen molar-refractivity contribution in [2.24, 2.45) is 0 Å². The molecule has 2 N–H and O–H groups in total. The van der Waals surface area contributed by atoms with Gasteiger partial charge in [0.1, 0.15) is 0 Å². The van der Waals surface area contributed by atoms with Crippen molar-refractivity contribution in [3.05, 3.63) is 35.9 Å². The highest BCUT2D eigenvalue weighted by molar-refractivity contribution is 5.93. The molecule has 1 aromatic carbocycles. The van der Waals surface area contributed by atoms with Crippen molar-refractivity contribution >= 4 is 17.8 Å². The van der Waals surface area contributed by atoms with Crippen LogP contribution in [-0.4, -0.2) is 42.8 Å². The summed E-state index contributed by atoms with van der Waals surface area (Å²) >= 11 is 0. The van der Waals surface area contributed by atoms with Crippen LogP contribution in [0.25, 0.3) is 0 Å². The largest absolute Gasteiger partial charge is 0.469 e. The van der Waals surface area contributed by atoms with E-state index in [1.54, 1.807) is 24.3 Å². The van der Waals surface area contributed by atoms with Crippen molar-refractivity contribution in [2.75, 3.05) is 14.2 Å².